The van der Waals surface area contributed by atoms with E-state index in [0.29, 0.717) is 28.8 Å². The van der Waals surface area contributed by atoms with E-state index in [0.717, 1.165) is 27.7 Å². The summed E-state index contributed by atoms with van der Waals surface area (Å²) in [6.07, 6.45) is 3.92. The highest BCUT2D eigenvalue weighted by atomic mass is 32.2. The molecule has 2 aromatic heterocycles. The Balaban J connectivity index is 1.39. The molecule has 1 saturated heterocycles. The first-order valence-corrected chi connectivity index (χ1v) is 13.3. The lowest BCUT2D eigenvalue weighted by atomic mass is 9.99. The van der Waals surface area contributed by atoms with Crippen molar-refractivity contribution in [2.75, 3.05) is 24.5 Å². The zero-order valence-electron chi connectivity index (χ0n) is 18.7. The fourth-order valence-electron chi connectivity index (χ4n) is 4.01. The Morgan fingerprint density at radius 3 is 2.47 bits per heavy atom. The van der Waals surface area contributed by atoms with Gasteiger partial charge in [-0.2, -0.15) is 9.29 Å². The molecule has 2 aliphatic rings. The van der Waals surface area contributed by atoms with Crippen LogP contribution in [-0.4, -0.2) is 69.5 Å². The van der Waals surface area contributed by atoms with Crippen LogP contribution in [-0.2, 0) is 20.4 Å². The Bertz CT molecular complexity index is 1350. The van der Waals surface area contributed by atoms with Gasteiger partial charge in [0.05, 0.1) is 21.4 Å². The van der Waals surface area contributed by atoms with Gasteiger partial charge >= 0.3 is 5.97 Å². The maximum atomic E-state index is 13.3. The van der Waals surface area contributed by atoms with Gasteiger partial charge in [0.25, 0.3) is 0 Å². The number of rotatable bonds is 6. The van der Waals surface area contributed by atoms with Gasteiger partial charge in [0.1, 0.15) is 11.9 Å². The van der Waals surface area contributed by atoms with Crippen LogP contribution in [0.25, 0.3) is 10.3 Å². The second-order valence-corrected chi connectivity index (χ2v) is 12.1. The summed E-state index contributed by atoms with van der Waals surface area (Å²) in [5, 5.41) is 20.6. The number of aromatic nitrogens is 3. The fraction of sp³-hybridized carbons (Fsp3) is 0.455. The van der Waals surface area contributed by atoms with Gasteiger partial charge < -0.3 is 15.1 Å². The Labute approximate surface area is 201 Å². The maximum Gasteiger partial charge on any atom is 0.323 e. The Hall–Kier alpha value is -2.67. The lowest BCUT2D eigenvalue weighted by Crippen LogP contribution is -2.58. The number of aliphatic hydroxyl groups is 1. The smallest absolute Gasteiger partial charge is 0.323 e. The quantitative estimate of drug-likeness (QED) is 0.518. The van der Waals surface area contributed by atoms with Crippen LogP contribution in [0.4, 0.5) is 5.13 Å². The van der Waals surface area contributed by atoms with E-state index < -0.39 is 27.6 Å². The SMILES string of the molecule is CC(C)(O)c1ccc(S(=O)(=O)N2CCN(c3nc4nc(C5CC5)ncc4s3)C[C@@H]2C(=O)O)cc1. The first-order valence-electron chi connectivity index (χ1n) is 11.0. The third kappa shape index (κ3) is 4.26. The highest BCUT2D eigenvalue weighted by Crippen LogP contribution is 2.39. The van der Waals surface area contributed by atoms with Crippen molar-refractivity contribution < 1.29 is 23.4 Å². The largest absolute Gasteiger partial charge is 0.480 e. The summed E-state index contributed by atoms with van der Waals surface area (Å²) >= 11 is 1.37. The Morgan fingerprint density at radius 2 is 1.85 bits per heavy atom. The van der Waals surface area contributed by atoms with Crippen LogP contribution in [0.15, 0.2) is 35.4 Å². The average Bonchev–Trinajstić information content (AvgIpc) is 3.56. The summed E-state index contributed by atoms with van der Waals surface area (Å²) in [5.74, 6) is -0.0326. The average molecular weight is 504 g/mol. The molecule has 10 nitrogen and oxygen atoms in total. The lowest BCUT2D eigenvalue weighted by molar-refractivity contribution is -0.141. The monoisotopic (exact) mass is 503 g/mol. The molecule has 1 atom stereocenters. The van der Waals surface area contributed by atoms with Crippen LogP contribution in [0.5, 0.6) is 0 Å². The molecule has 0 bridgehead atoms. The minimum absolute atomic E-state index is 0.00146. The molecule has 0 amide bonds. The summed E-state index contributed by atoms with van der Waals surface area (Å²) in [7, 11) is -4.05. The van der Waals surface area contributed by atoms with Crippen molar-refractivity contribution in [1.82, 2.24) is 19.3 Å². The van der Waals surface area contributed by atoms with E-state index in [4.69, 9.17) is 0 Å². The molecule has 2 fully saturated rings. The van der Waals surface area contributed by atoms with Crippen molar-refractivity contribution in [1.29, 1.82) is 0 Å². The molecular formula is C22H25N5O5S2. The molecule has 0 unspecified atom stereocenters. The summed E-state index contributed by atoms with van der Waals surface area (Å²) in [6, 6.07) is 4.61. The second kappa shape index (κ2) is 8.22. The van der Waals surface area contributed by atoms with Crippen LogP contribution in [0.2, 0.25) is 0 Å². The number of hydrogen-bond acceptors (Lipinski definition) is 9. The molecule has 3 aromatic rings. The molecule has 180 valence electrons. The summed E-state index contributed by atoms with van der Waals surface area (Å²) < 4.78 is 28.5. The minimum Gasteiger partial charge on any atom is -0.480 e. The third-order valence-corrected chi connectivity index (χ3v) is 9.12. The van der Waals surface area contributed by atoms with Gasteiger partial charge in [0, 0.05) is 25.6 Å². The van der Waals surface area contributed by atoms with Crippen LogP contribution >= 0.6 is 11.3 Å². The van der Waals surface area contributed by atoms with Gasteiger partial charge in [0.2, 0.25) is 10.0 Å². The molecule has 2 N–H and O–H groups in total. The van der Waals surface area contributed by atoms with E-state index in [-0.39, 0.29) is 18.0 Å². The zero-order valence-corrected chi connectivity index (χ0v) is 20.4. The van der Waals surface area contributed by atoms with Crippen molar-refractivity contribution in [3.8, 4) is 0 Å². The van der Waals surface area contributed by atoms with Crippen LogP contribution < -0.4 is 4.90 Å². The molecule has 1 aliphatic heterocycles. The van der Waals surface area contributed by atoms with Gasteiger partial charge in [-0.3, -0.25) is 4.79 Å². The topological polar surface area (TPSA) is 137 Å². The standard InChI is InChI=1S/C22H25N5O5S2/c1-22(2,30)14-5-7-15(8-6-14)34(31,32)27-10-9-26(12-16(27)20(28)29)21-25-19-17(33-21)11-23-18(24-19)13-3-4-13/h5-8,11,13,16,30H,3-4,9-10,12H2,1-2H3,(H,28,29)/t16-/m1/s1. The number of carboxylic acid groups (broad SMARTS) is 1. The van der Waals surface area contributed by atoms with Crippen LogP contribution in [0.1, 0.15) is 44.0 Å². The van der Waals surface area contributed by atoms with Gasteiger partial charge in [-0.15, -0.1) is 0 Å². The molecule has 1 saturated carbocycles. The number of benzene rings is 1. The van der Waals surface area contributed by atoms with E-state index in [1.807, 2.05) is 0 Å². The summed E-state index contributed by atoms with van der Waals surface area (Å²) in [4.78, 5) is 27.4. The number of nitrogens with zero attached hydrogens (tertiary/aromatic N) is 5. The summed E-state index contributed by atoms with van der Waals surface area (Å²) in [6.45, 7) is 3.49. The first-order chi connectivity index (χ1) is 16.0. The highest BCUT2D eigenvalue weighted by Gasteiger charge is 2.41. The number of carbonyl (C=O) groups is 1. The number of fused-ring (bicyclic) bond motifs is 1. The maximum absolute atomic E-state index is 13.3. The number of hydrogen-bond donors (Lipinski definition) is 2. The van der Waals surface area contributed by atoms with Crippen LogP contribution in [0.3, 0.4) is 0 Å². The number of piperazine rings is 1. The number of aliphatic carboxylic acids is 1. The highest BCUT2D eigenvalue weighted by molar-refractivity contribution is 7.89. The molecule has 34 heavy (non-hydrogen) atoms. The normalized spacial score (nSPS) is 20.1. The third-order valence-electron chi connectivity index (χ3n) is 6.15. The molecule has 12 heteroatoms. The van der Waals surface area contributed by atoms with Crippen molar-refractivity contribution in [3.63, 3.8) is 0 Å². The van der Waals surface area contributed by atoms with E-state index in [9.17, 15) is 23.4 Å². The fourth-order valence-corrected chi connectivity index (χ4v) is 6.49. The lowest BCUT2D eigenvalue weighted by Gasteiger charge is -2.38. The van der Waals surface area contributed by atoms with E-state index in [2.05, 4.69) is 15.0 Å². The predicted octanol–water partition coefficient (Wildman–Crippen LogP) is 2.16. The van der Waals surface area contributed by atoms with Crippen molar-refractivity contribution >= 4 is 42.8 Å². The number of anilines is 1. The number of sulfonamides is 1. The van der Waals surface area contributed by atoms with E-state index in [1.165, 1.54) is 35.6 Å². The molecular weight excluding hydrogens is 478 g/mol. The molecule has 0 spiro atoms. The second-order valence-electron chi connectivity index (χ2n) is 9.19. The van der Waals surface area contributed by atoms with Crippen molar-refractivity contribution in [2.24, 2.45) is 0 Å². The van der Waals surface area contributed by atoms with E-state index in [1.54, 1.807) is 24.9 Å². The molecule has 1 aromatic carbocycles. The minimum atomic E-state index is -4.05. The Morgan fingerprint density at radius 1 is 1.15 bits per heavy atom. The molecule has 0 radical (unpaired) electrons. The van der Waals surface area contributed by atoms with Crippen LogP contribution in [0, 0.1) is 0 Å². The van der Waals surface area contributed by atoms with Crippen molar-refractivity contribution in [3.05, 3.63) is 41.9 Å². The van der Waals surface area contributed by atoms with Gasteiger partial charge in [0.15, 0.2) is 10.8 Å². The molecule has 5 rings (SSSR count). The molecule has 1 aliphatic carbocycles. The Kier molecular flexibility index (Phi) is 5.58. The summed E-state index contributed by atoms with van der Waals surface area (Å²) in [5.41, 5.74) is 0.0408. The number of carboxylic acids is 1. The zero-order chi connectivity index (χ0) is 24.3. The van der Waals surface area contributed by atoms with E-state index >= 15 is 0 Å². The van der Waals surface area contributed by atoms with Crippen molar-refractivity contribution in [2.45, 2.75) is 49.1 Å². The first kappa shape index (κ1) is 23.1. The van der Waals surface area contributed by atoms with Gasteiger partial charge in [-0.1, -0.05) is 23.5 Å². The van der Waals surface area contributed by atoms with Gasteiger partial charge in [-0.25, -0.2) is 18.4 Å². The number of thiazole rings is 1. The van der Waals surface area contributed by atoms with Gasteiger partial charge in [-0.05, 0) is 44.4 Å². The molecule has 3 heterocycles. The predicted molar refractivity (Wildman–Crippen MR) is 126 cm³/mol.